The molecule has 2 aliphatic rings. The predicted octanol–water partition coefficient (Wildman–Crippen LogP) is 4.86. The maximum Gasteiger partial charge on any atom is 0.226 e. The Balaban J connectivity index is 1.63. The van der Waals surface area contributed by atoms with E-state index in [-0.39, 0.29) is 6.04 Å². The number of hydrogen-bond acceptors (Lipinski definition) is 6. The van der Waals surface area contributed by atoms with Gasteiger partial charge < -0.3 is 19.5 Å². The van der Waals surface area contributed by atoms with Crippen molar-refractivity contribution < 1.29 is 14.2 Å². The summed E-state index contributed by atoms with van der Waals surface area (Å²) in [4.78, 5) is 4.48. The molecule has 7 heteroatoms. The van der Waals surface area contributed by atoms with Crippen molar-refractivity contribution >= 4 is 11.6 Å². The van der Waals surface area contributed by atoms with E-state index in [0.29, 0.717) is 11.7 Å². The van der Waals surface area contributed by atoms with Gasteiger partial charge in [0.1, 0.15) is 29.6 Å². The lowest BCUT2D eigenvalue weighted by atomic mass is 9.84. The highest BCUT2D eigenvalue weighted by molar-refractivity contribution is 5.85. The molecule has 0 saturated carbocycles. The standard InChI is InChI=1S/C26H22N4O3/c1-31-17-12-13-19(21(14-17)32-2)25-22-23(18-10-6-7-11-20(18)33-25)29-26-27-15-28-30(26)24(22)16-8-4-3-5-9-16/h3-15,24-25H,1-2H3,(H,27,28,29)/t24-,25+/m1/s1. The van der Waals surface area contributed by atoms with Gasteiger partial charge in [0.25, 0.3) is 0 Å². The van der Waals surface area contributed by atoms with E-state index < -0.39 is 6.10 Å². The number of nitrogens with zero attached hydrogens (tertiary/aromatic N) is 3. The summed E-state index contributed by atoms with van der Waals surface area (Å²) in [6.45, 7) is 0. The monoisotopic (exact) mass is 438 g/mol. The fourth-order valence-electron chi connectivity index (χ4n) is 4.67. The zero-order valence-corrected chi connectivity index (χ0v) is 18.2. The average molecular weight is 438 g/mol. The third-order valence-electron chi connectivity index (χ3n) is 6.16. The second-order valence-electron chi connectivity index (χ2n) is 7.90. The van der Waals surface area contributed by atoms with E-state index in [1.54, 1.807) is 20.5 Å². The number of nitrogens with one attached hydrogen (secondary N) is 1. The van der Waals surface area contributed by atoms with Gasteiger partial charge in [0.2, 0.25) is 5.95 Å². The molecule has 0 saturated heterocycles. The summed E-state index contributed by atoms with van der Waals surface area (Å²) in [5.74, 6) is 2.91. The Morgan fingerprint density at radius 1 is 0.939 bits per heavy atom. The van der Waals surface area contributed by atoms with Crippen LogP contribution in [0.4, 0.5) is 5.95 Å². The smallest absolute Gasteiger partial charge is 0.226 e. The van der Waals surface area contributed by atoms with Crippen LogP contribution in [-0.2, 0) is 0 Å². The Bertz CT molecular complexity index is 1360. The molecular weight excluding hydrogens is 416 g/mol. The van der Waals surface area contributed by atoms with E-state index in [4.69, 9.17) is 14.2 Å². The van der Waals surface area contributed by atoms with Crippen LogP contribution >= 0.6 is 0 Å². The van der Waals surface area contributed by atoms with E-state index in [9.17, 15) is 0 Å². The lowest BCUT2D eigenvalue weighted by Gasteiger charge is -2.39. The van der Waals surface area contributed by atoms with Gasteiger partial charge in [-0.05, 0) is 29.8 Å². The third kappa shape index (κ3) is 3.04. The second kappa shape index (κ2) is 7.70. The maximum atomic E-state index is 6.67. The molecule has 3 heterocycles. The molecule has 2 atom stereocenters. The molecule has 2 aliphatic heterocycles. The van der Waals surface area contributed by atoms with E-state index in [2.05, 4.69) is 33.6 Å². The molecular formula is C26H22N4O3. The van der Waals surface area contributed by atoms with Crippen molar-refractivity contribution in [2.24, 2.45) is 0 Å². The highest BCUT2D eigenvalue weighted by atomic mass is 16.5. The summed E-state index contributed by atoms with van der Waals surface area (Å²) in [5.41, 5.74) is 5.02. The minimum atomic E-state index is -0.411. The van der Waals surface area contributed by atoms with Gasteiger partial charge in [0.05, 0.1) is 19.9 Å². The van der Waals surface area contributed by atoms with Crippen LogP contribution in [0.1, 0.15) is 28.8 Å². The van der Waals surface area contributed by atoms with Crippen LogP contribution in [0, 0.1) is 0 Å². The number of anilines is 1. The summed E-state index contributed by atoms with van der Waals surface area (Å²) in [6, 6.07) is 23.9. The van der Waals surface area contributed by atoms with Crippen molar-refractivity contribution in [2.45, 2.75) is 12.1 Å². The Hall–Kier alpha value is -4.26. The Morgan fingerprint density at radius 2 is 1.76 bits per heavy atom. The molecule has 1 N–H and O–H groups in total. The fraction of sp³-hybridized carbons (Fsp3) is 0.154. The Labute approximate surface area is 191 Å². The molecule has 0 fully saturated rings. The molecule has 0 amide bonds. The second-order valence-corrected chi connectivity index (χ2v) is 7.90. The Morgan fingerprint density at radius 3 is 2.58 bits per heavy atom. The van der Waals surface area contributed by atoms with Crippen LogP contribution < -0.4 is 19.5 Å². The Kier molecular flexibility index (Phi) is 4.54. The molecule has 7 nitrogen and oxygen atoms in total. The van der Waals surface area contributed by atoms with Crippen LogP contribution in [-0.4, -0.2) is 29.0 Å². The number of rotatable bonds is 4. The molecule has 4 aromatic rings. The zero-order chi connectivity index (χ0) is 22.4. The minimum absolute atomic E-state index is 0.204. The predicted molar refractivity (Wildman–Crippen MR) is 125 cm³/mol. The van der Waals surface area contributed by atoms with E-state index in [1.165, 1.54) is 0 Å². The number of ether oxygens (including phenoxy) is 3. The summed E-state index contributed by atoms with van der Waals surface area (Å²) >= 11 is 0. The number of benzene rings is 3. The zero-order valence-electron chi connectivity index (χ0n) is 18.2. The first-order valence-electron chi connectivity index (χ1n) is 10.7. The molecule has 3 aromatic carbocycles. The normalized spacial score (nSPS) is 18.4. The van der Waals surface area contributed by atoms with Gasteiger partial charge in [-0.2, -0.15) is 10.1 Å². The molecule has 0 radical (unpaired) electrons. The SMILES string of the molecule is COc1ccc([C@@H]2Oc3ccccc3C3=C2[C@@H](c2ccccc2)n2ncnc2N3)c(OC)c1. The molecule has 164 valence electrons. The third-order valence-corrected chi connectivity index (χ3v) is 6.16. The summed E-state index contributed by atoms with van der Waals surface area (Å²) in [5, 5.41) is 8.08. The molecule has 0 unspecified atom stereocenters. The van der Waals surface area contributed by atoms with E-state index in [1.807, 2.05) is 59.3 Å². The van der Waals surface area contributed by atoms with Crippen LogP contribution in [0.2, 0.25) is 0 Å². The largest absolute Gasteiger partial charge is 0.497 e. The fourth-order valence-corrected chi connectivity index (χ4v) is 4.67. The molecule has 33 heavy (non-hydrogen) atoms. The van der Waals surface area contributed by atoms with Gasteiger partial charge in [-0.1, -0.05) is 42.5 Å². The van der Waals surface area contributed by atoms with Crippen LogP contribution in [0.5, 0.6) is 17.2 Å². The van der Waals surface area contributed by atoms with Gasteiger partial charge in [0.15, 0.2) is 6.10 Å². The van der Waals surface area contributed by atoms with Crippen LogP contribution in [0.3, 0.4) is 0 Å². The molecule has 0 aliphatic carbocycles. The lowest BCUT2D eigenvalue weighted by Crippen LogP contribution is -2.32. The van der Waals surface area contributed by atoms with Crippen LogP contribution in [0.25, 0.3) is 5.70 Å². The average Bonchev–Trinajstić information content (AvgIpc) is 3.35. The number of hydrogen-bond donors (Lipinski definition) is 1. The maximum absolute atomic E-state index is 6.67. The number of aromatic nitrogens is 3. The van der Waals surface area contributed by atoms with Gasteiger partial charge in [-0.3, -0.25) is 0 Å². The van der Waals surface area contributed by atoms with Crippen molar-refractivity contribution in [1.82, 2.24) is 14.8 Å². The van der Waals surface area contributed by atoms with E-state index in [0.717, 1.165) is 39.5 Å². The first kappa shape index (κ1) is 19.4. The molecule has 6 rings (SSSR count). The number of fused-ring (bicyclic) bond motifs is 3. The topological polar surface area (TPSA) is 70.4 Å². The quantitative estimate of drug-likeness (QED) is 0.491. The van der Waals surface area contributed by atoms with Gasteiger partial charge in [0, 0.05) is 22.8 Å². The van der Waals surface area contributed by atoms with Crippen molar-refractivity contribution in [3.8, 4) is 17.2 Å². The minimum Gasteiger partial charge on any atom is -0.497 e. The molecule has 0 bridgehead atoms. The molecule has 0 spiro atoms. The van der Waals surface area contributed by atoms with Crippen molar-refractivity contribution in [2.75, 3.05) is 19.5 Å². The lowest BCUT2D eigenvalue weighted by molar-refractivity contribution is 0.217. The number of para-hydroxylation sites is 1. The summed E-state index contributed by atoms with van der Waals surface area (Å²) in [6.07, 6.45) is 1.16. The first-order valence-corrected chi connectivity index (χ1v) is 10.7. The van der Waals surface area contributed by atoms with Crippen molar-refractivity contribution in [1.29, 1.82) is 0 Å². The first-order chi connectivity index (χ1) is 16.3. The highest BCUT2D eigenvalue weighted by Gasteiger charge is 2.41. The van der Waals surface area contributed by atoms with E-state index >= 15 is 0 Å². The highest BCUT2D eigenvalue weighted by Crippen LogP contribution is 2.52. The van der Waals surface area contributed by atoms with Crippen molar-refractivity contribution in [3.05, 3.63) is 101 Å². The summed E-state index contributed by atoms with van der Waals surface area (Å²) < 4.78 is 19.8. The number of methoxy groups -OCH3 is 2. The summed E-state index contributed by atoms with van der Waals surface area (Å²) in [7, 11) is 3.30. The van der Waals surface area contributed by atoms with Crippen LogP contribution in [0.15, 0.2) is 84.7 Å². The van der Waals surface area contributed by atoms with Gasteiger partial charge >= 0.3 is 0 Å². The van der Waals surface area contributed by atoms with Gasteiger partial charge in [-0.25, -0.2) is 4.68 Å². The molecule has 1 aromatic heterocycles. The van der Waals surface area contributed by atoms with Gasteiger partial charge in [-0.15, -0.1) is 0 Å². The van der Waals surface area contributed by atoms with Crippen molar-refractivity contribution in [3.63, 3.8) is 0 Å².